The Kier molecular flexibility index (Phi) is 4.81. The molecule has 1 N–H and O–H groups in total. The van der Waals surface area contributed by atoms with Gasteiger partial charge in [0.1, 0.15) is 10.9 Å². The molecule has 3 rings (SSSR count). The largest absolute Gasteiger partial charge is 0.508 e. The number of carbonyl (C=O) groups is 2. The summed E-state index contributed by atoms with van der Waals surface area (Å²) in [6.45, 7) is 1.07. The highest BCUT2D eigenvalue weighted by Crippen LogP contribution is 2.24. The molecule has 1 fully saturated rings. The maximum atomic E-state index is 12.5. The number of likely N-dealkylation sites (tertiary alicyclic amines) is 1. The highest BCUT2D eigenvalue weighted by Gasteiger charge is 2.28. The van der Waals surface area contributed by atoms with Crippen molar-refractivity contribution >= 4 is 23.3 Å². The SMILES string of the molecule is O=C(c1ccc(O)cc1)C1CCN(C(=O)c2ccnc(Cl)c2)CC1. The van der Waals surface area contributed by atoms with E-state index in [0.29, 0.717) is 42.2 Å². The first-order chi connectivity index (χ1) is 11.5. The van der Waals surface area contributed by atoms with Crippen LogP contribution >= 0.6 is 11.6 Å². The average molecular weight is 345 g/mol. The van der Waals surface area contributed by atoms with Crippen LogP contribution in [0.4, 0.5) is 0 Å². The number of nitrogens with zero attached hydrogens (tertiary/aromatic N) is 2. The highest BCUT2D eigenvalue weighted by atomic mass is 35.5. The molecule has 5 nitrogen and oxygen atoms in total. The summed E-state index contributed by atoms with van der Waals surface area (Å²) in [7, 11) is 0. The van der Waals surface area contributed by atoms with Crippen LogP contribution in [0.3, 0.4) is 0 Å². The molecule has 0 spiro atoms. The normalized spacial score (nSPS) is 15.3. The van der Waals surface area contributed by atoms with Gasteiger partial charge in [0.15, 0.2) is 5.78 Å². The van der Waals surface area contributed by atoms with Gasteiger partial charge in [-0.2, -0.15) is 0 Å². The van der Waals surface area contributed by atoms with E-state index in [-0.39, 0.29) is 23.4 Å². The monoisotopic (exact) mass is 344 g/mol. The Hall–Kier alpha value is -2.40. The van der Waals surface area contributed by atoms with Crippen LogP contribution < -0.4 is 0 Å². The fraction of sp³-hybridized carbons (Fsp3) is 0.278. The summed E-state index contributed by atoms with van der Waals surface area (Å²) in [5.41, 5.74) is 1.11. The van der Waals surface area contributed by atoms with Gasteiger partial charge in [0, 0.05) is 36.3 Å². The first-order valence-corrected chi connectivity index (χ1v) is 8.16. The van der Waals surface area contributed by atoms with Gasteiger partial charge in [-0.25, -0.2) is 4.98 Å². The van der Waals surface area contributed by atoms with Gasteiger partial charge < -0.3 is 10.0 Å². The Morgan fingerprint density at radius 3 is 2.38 bits per heavy atom. The average Bonchev–Trinajstić information content (AvgIpc) is 2.61. The number of phenolic OH excluding ortho intramolecular Hbond substituents is 1. The van der Waals surface area contributed by atoms with Gasteiger partial charge in [-0.3, -0.25) is 9.59 Å². The molecule has 1 aromatic heterocycles. The Balaban J connectivity index is 1.62. The number of piperidine rings is 1. The van der Waals surface area contributed by atoms with Crippen molar-refractivity contribution in [2.45, 2.75) is 12.8 Å². The van der Waals surface area contributed by atoms with E-state index in [9.17, 15) is 14.7 Å². The number of pyridine rings is 1. The molecule has 2 aromatic rings. The Bertz CT molecular complexity index is 753. The molecule has 2 heterocycles. The predicted octanol–water partition coefficient (Wildman–Crippen LogP) is 3.18. The third-order valence-electron chi connectivity index (χ3n) is 4.28. The summed E-state index contributed by atoms with van der Waals surface area (Å²) in [5, 5.41) is 9.59. The molecule has 1 aliphatic rings. The van der Waals surface area contributed by atoms with E-state index in [0.717, 1.165) is 0 Å². The number of rotatable bonds is 3. The van der Waals surface area contributed by atoms with E-state index < -0.39 is 0 Å². The number of Topliss-reactive ketones (excluding diaryl/α,β-unsaturated/α-hetero) is 1. The Morgan fingerprint density at radius 2 is 1.75 bits per heavy atom. The first-order valence-electron chi connectivity index (χ1n) is 7.78. The van der Waals surface area contributed by atoms with Crippen LogP contribution in [0.5, 0.6) is 5.75 Å². The van der Waals surface area contributed by atoms with Crippen molar-refractivity contribution in [1.82, 2.24) is 9.88 Å². The number of ketones is 1. The van der Waals surface area contributed by atoms with Crippen molar-refractivity contribution in [1.29, 1.82) is 0 Å². The van der Waals surface area contributed by atoms with Crippen LogP contribution in [-0.2, 0) is 0 Å². The molecule has 0 bridgehead atoms. The minimum Gasteiger partial charge on any atom is -0.508 e. The summed E-state index contributed by atoms with van der Waals surface area (Å²) < 4.78 is 0. The molecular weight excluding hydrogens is 328 g/mol. The summed E-state index contributed by atoms with van der Waals surface area (Å²) in [6, 6.07) is 9.49. The van der Waals surface area contributed by atoms with Gasteiger partial charge in [0.05, 0.1) is 0 Å². The third-order valence-corrected chi connectivity index (χ3v) is 4.48. The van der Waals surface area contributed by atoms with E-state index in [2.05, 4.69) is 4.98 Å². The molecule has 0 aliphatic carbocycles. The van der Waals surface area contributed by atoms with Crippen LogP contribution in [0, 0.1) is 5.92 Å². The van der Waals surface area contributed by atoms with Crippen LogP contribution in [0.25, 0.3) is 0 Å². The lowest BCUT2D eigenvalue weighted by molar-refractivity contribution is 0.0650. The second kappa shape index (κ2) is 7.01. The molecule has 0 saturated carbocycles. The summed E-state index contributed by atoms with van der Waals surface area (Å²) in [6.07, 6.45) is 2.77. The maximum absolute atomic E-state index is 12.5. The van der Waals surface area contributed by atoms with Gasteiger partial charge in [-0.1, -0.05) is 11.6 Å². The van der Waals surface area contributed by atoms with E-state index >= 15 is 0 Å². The smallest absolute Gasteiger partial charge is 0.254 e. The fourth-order valence-corrected chi connectivity index (χ4v) is 3.10. The quantitative estimate of drug-likeness (QED) is 0.685. The second-order valence-corrected chi connectivity index (χ2v) is 6.23. The Morgan fingerprint density at radius 1 is 1.08 bits per heavy atom. The lowest BCUT2D eigenvalue weighted by Gasteiger charge is -2.31. The van der Waals surface area contributed by atoms with Gasteiger partial charge in [0.25, 0.3) is 5.91 Å². The molecule has 0 atom stereocenters. The fourth-order valence-electron chi connectivity index (χ4n) is 2.92. The van der Waals surface area contributed by atoms with Crippen molar-refractivity contribution in [3.63, 3.8) is 0 Å². The molecular formula is C18H17ClN2O3. The van der Waals surface area contributed by atoms with Crippen molar-refractivity contribution in [3.8, 4) is 5.75 Å². The minimum atomic E-state index is -0.0976. The molecule has 124 valence electrons. The van der Waals surface area contributed by atoms with Crippen LogP contribution in [-0.4, -0.2) is 39.8 Å². The zero-order valence-corrected chi connectivity index (χ0v) is 13.7. The van der Waals surface area contributed by atoms with Crippen molar-refractivity contribution < 1.29 is 14.7 Å². The number of amides is 1. The lowest BCUT2D eigenvalue weighted by atomic mass is 9.88. The predicted molar refractivity (Wildman–Crippen MR) is 90.3 cm³/mol. The highest BCUT2D eigenvalue weighted by molar-refractivity contribution is 6.29. The maximum Gasteiger partial charge on any atom is 0.254 e. The Labute approximate surface area is 144 Å². The molecule has 1 aliphatic heterocycles. The lowest BCUT2D eigenvalue weighted by Crippen LogP contribution is -2.40. The van der Waals surface area contributed by atoms with Gasteiger partial charge in [-0.15, -0.1) is 0 Å². The molecule has 24 heavy (non-hydrogen) atoms. The van der Waals surface area contributed by atoms with Crippen molar-refractivity contribution in [2.24, 2.45) is 5.92 Å². The second-order valence-electron chi connectivity index (χ2n) is 5.84. The zero-order chi connectivity index (χ0) is 17.1. The number of halogens is 1. The zero-order valence-electron chi connectivity index (χ0n) is 13.0. The summed E-state index contributed by atoms with van der Waals surface area (Å²) in [4.78, 5) is 30.6. The number of aromatic hydroxyl groups is 1. The van der Waals surface area contributed by atoms with Crippen molar-refractivity contribution in [3.05, 3.63) is 58.9 Å². The number of hydrogen-bond donors (Lipinski definition) is 1. The number of phenols is 1. The van der Waals surface area contributed by atoms with Gasteiger partial charge in [0.2, 0.25) is 0 Å². The topological polar surface area (TPSA) is 70.5 Å². The van der Waals surface area contributed by atoms with Crippen LogP contribution in [0.2, 0.25) is 5.15 Å². The van der Waals surface area contributed by atoms with E-state index in [1.54, 1.807) is 29.2 Å². The molecule has 0 radical (unpaired) electrons. The third kappa shape index (κ3) is 3.57. The van der Waals surface area contributed by atoms with E-state index in [1.807, 2.05) is 0 Å². The minimum absolute atomic E-state index is 0.0639. The van der Waals surface area contributed by atoms with Gasteiger partial charge in [-0.05, 0) is 49.2 Å². The molecule has 1 aromatic carbocycles. The van der Waals surface area contributed by atoms with E-state index in [1.165, 1.54) is 18.3 Å². The molecule has 1 amide bonds. The standard InChI is InChI=1S/C18H17ClN2O3/c19-16-11-14(5-8-20-16)18(24)21-9-6-13(7-10-21)17(23)12-1-3-15(22)4-2-12/h1-5,8,11,13,22H,6-7,9-10H2. The first kappa shape index (κ1) is 16.5. The number of aromatic nitrogens is 1. The number of benzene rings is 1. The van der Waals surface area contributed by atoms with Gasteiger partial charge >= 0.3 is 0 Å². The summed E-state index contributed by atoms with van der Waals surface area (Å²) >= 11 is 5.83. The number of carbonyl (C=O) groups excluding carboxylic acids is 2. The number of hydrogen-bond acceptors (Lipinski definition) is 4. The van der Waals surface area contributed by atoms with Crippen molar-refractivity contribution in [2.75, 3.05) is 13.1 Å². The van der Waals surface area contributed by atoms with E-state index in [4.69, 9.17) is 11.6 Å². The van der Waals surface area contributed by atoms with Crippen LogP contribution in [0.15, 0.2) is 42.6 Å². The summed E-state index contributed by atoms with van der Waals surface area (Å²) in [5.74, 6) is 0.0199. The molecule has 1 saturated heterocycles. The molecule has 6 heteroatoms. The molecule has 0 unspecified atom stereocenters. The van der Waals surface area contributed by atoms with Crippen LogP contribution in [0.1, 0.15) is 33.6 Å².